The van der Waals surface area contributed by atoms with Crippen LogP contribution >= 0.6 is 0 Å². The first-order valence-electron chi connectivity index (χ1n) is 9.00. The predicted octanol–water partition coefficient (Wildman–Crippen LogP) is 1.66. The molecule has 2 aliphatic heterocycles. The molecule has 2 aromatic rings. The highest BCUT2D eigenvalue weighted by molar-refractivity contribution is 5.79. The van der Waals surface area contributed by atoms with Crippen LogP contribution in [0.25, 0.3) is 0 Å². The molecule has 6 heteroatoms. The molecule has 4 heterocycles. The molecule has 0 saturated carbocycles. The van der Waals surface area contributed by atoms with E-state index in [2.05, 4.69) is 10.1 Å². The van der Waals surface area contributed by atoms with Gasteiger partial charge in [0.05, 0.1) is 5.69 Å². The highest BCUT2D eigenvalue weighted by atomic mass is 16.3. The van der Waals surface area contributed by atoms with E-state index in [0.29, 0.717) is 31.6 Å². The van der Waals surface area contributed by atoms with Gasteiger partial charge in [-0.2, -0.15) is 5.10 Å². The lowest BCUT2D eigenvalue weighted by molar-refractivity contribution is -0.141. The van der Waals surface area contributed by atoms with Gasteiger partial charge >= 0.3 is 0 Å². The Morgan fingerprint density at radius 2 is 2.04 bits per heavy atom. The van der Waals surface area contributed by atoms with E-state index in [1.165, 1.54) is 0 Å². The topological polar surface area (TPSA) is 71.2 Å². The molecule has 1 atom stereocenters. The molecule has 132 valence electrons. The molecule has 4 rings (SSSR count). The summed E-state index contributed by atoms with van der Waals surface area (Å²) in [5.74, 6) is 0.249. The number of hydrogen-bond acceptors (Lipinski definition) is 4. The average molecular weight is 340 g/mol. The van der Waals surface area contributed by atoms with Crippen molar-refractivity contribution in [1.29, 1.82) is 0 Å². The Morgan fingerprint density at radius 1 is 1.24 bits per heavy atom. The Bertz CT molecular complexity index is 760. The van der Waals surface area contributed by atoms with Crippen LogP contribution in [0, 0.1) is 12.8 Å². The molecule has 0 aliphatic carbocycles. The van der Waals surface area contributed by atoms with Crippen molar-refractivity contribution >= 4 is 5.91 Å². The minimum absolute atomic E-state index is 0.0351. The highest BCUT2D eigenvalue weighted by Crippen LogP contribution is 2.33. The average Bonchev–Trinajstić information content (AvgIpc) is 3.10. The molecule has 2 aliphatic rings. The fraction of sp³-hybridized carbons (Fsp3) is 0.526. The van der Waals surface area contributed by atoms with Gasteiger partial charge in [0.25, 0.3) is 0 Å². The van der Waals surface area contributed by atoms with Gasteiger partial charge in [-0.05, 0) is 43.9 Å². The number of rotatable bonds is 2. The van der Waals surface area contributed by atoms with Crippen LogP contribution in [0.3, 0.4) is 0 Å². The smallest absolute Gasteiger partial charge is 0.226 e. The fourth-order valence-electron chi connectivity index (χ4n) is 3.93. The molecule has 0 radical (unpaired) electrons. The van der Waals surface area contributed by atoms with Gasteiger partial charge in [-0.1, -0.05) is 6.07 Å². The maximum atomic E-state index is 12.9. The van der Waals surface area contributed by atoms with Crippen LogP contribution < -0.4 is 0 Å². The first-order chi connectivity index (χ1) is 12.0. The van der Waals surface area contributed by atoms with Crippen molar-refractivity contribution in [1.82, 2.24) is 19.7 Å². The van der Waals surface area contributed by atoms with E-state index in [1.54, 1.807) is 12.4 Å². The summed E-state index contributed by atoms with van der Waals surface area (Å²) in [6.07, 6.45) is 6.28. The number of aryl methyl sites for hydroxylation is 2. The third-order valence-corrected chi connectivity index (χ3v) is 5.59. The van der Waals surface area contributed by atoms with Gasteiger partial charge < -0.3 is 10.0 Å². The Hall–Kier alpha value is -2.21. The zero-order valence-electron chi connectivity index (χ0n) is 14.6. The van der Waals surface area contributed by atoms with Crippen molar-refractivity contribution in [3.63, 3.8) is 0 Å². The van der Waals surface area contributed by atoms with Gasteiger partial charge in [0.2, 0.25) is 5.91 Å². The fourth-order valence-corrected chi connectivity index (χ4v) is 3.93. The van der Waals surface area contributed by atoms with E-state index in [1.807, 2.05) is 34.7 Å². The van der Waals surface area contributed by atoms with Crippen LogP contribution in [0.2, 0.25) is 0 Å². The minimum atomic E-state index is -0.921. The van der Waals surface area contributed by atoms with Crippen molar-refractivity contribution in [2.45, 2.75) is 44.8 Å². The second kappa shape index (κ2) is 6.26. The van der Waals surface area contributed by atoms with E-state index in [4.69, 9.17) is 0 Å². The number of amides is 1. The van der Waals surface area contributed by atoms with E-state index in [-0.39, 0.29) is 11.8 Å². The zero-order chi connectivity index (χ0) is 17.4. The summed E-state index contributed by atoms with van der Waals surface area (Å²) >= 11 is 0. The number of aromatic nitrogens is 3. The SMILES string of the molecule is Cc1ccc(C2(O)CCN(C(=O)C3CCn4nccc4C3)CC2)nc1. The first kappa shape index (κ1) is 16.3. The van der Waals surface area contributed by atoms with E-state index >= 15 is 0 Å². The summed E-state index contributed by atoms with van der Waals surface area (Å²) < 4.78 is 1.99. The second-order valence-corrected chi connectivity index (χ2v) is 7.31. The van der Waals surface area contributed by atoms with E-state index in [9.17, 15) is 9.90 Å². The van der Waals surface area contributed by atoms with Crippen molar-refractivity contribution in [2.75, 3.05) is 13.1 Å². The number of nitrogens with zero attached hydrogens (tertiary/aromatic N) is 4. The van der Waals surface area contributed by atoms with Gasteiger partial charge in [0.15, 0.2) is 0 Å². The van der Waals surface area contributed by atoms with Crippen molar-refractivity contribution in [3.05, 3.63) is 47.5 Å². The maximum Gasteiger partial charge on any atom is 0.226 e. The molecule has 1 N–H and O–H groups in total. The number of carbonyl (C=O) groups excluding carboxylic acids is 1. The van der Waals surface area contributed by atoms with Gasteiger partial charge in [-0.15, -0.1) is 0 Å². The number of carbonyl (C=O) groups is 1. The molecular weight excluding hydrogens is 316 g/mol. The summed E-state index contributed by atoms with van der Waals surface area (Å²) in [5, 5.41) is 15.2. The van der Waals surface area contributed by atoms with Crippen LogP contribution in [-0.4, -0.2) is 43.8 Å². The number of aliphatic hydroxyl groups is 1. The second-order valence-electron chi connectivity index (χ2n) is 7.31. The maximum absolute atomic E-state index is 12.9. The number of fused-ring (bicyclic) bond motifs is 1. The predicted molar refractivity (Wildman–Crippen MR) is 92.7 cm³/mol. The summed E-state index contributed by atoms with van der Waals surface area (Å²) in [6, 6.07) is 5.87. The Morgan fingerprint density at radius 3 is 2.76 bits per heavy atom. The normalized spacial score (nSPS) is 22.5. The van der Waals surface area contributed by atoms with E-state index in [0.717, 1.165) is 30.6 Å². The Kier molecular flexibility index (Phi) is 4.07. The van der Waals surface area contributed by atoms with Gasteiger partial charge in [0, 0.05) is 50.1 Å². The zero-order valence-corrected chi connectivity index (χ0v) is 14.6. The molecule has 1 fully saturated rings. The Balaban J connectivity index is 1.40. The number of likely N-dealkylation sites (tertiary alicyclic amines) is 1. The van der Waals surface area contributed by atoms with Crippen LogP contribution in [0.4, 0.5) is 0 Å². The number of piperidine rings is 1. The van der Waals surface area contributed by atoms with Gasteiger partial charge in [-0.25, -0.2) is 0 Å². The number of hydrogen-bond donors (Lipinski definition) is 1. The molecule has 1 unspecified atom stereocenters. The molecule has 1 amide bonds. The summed E-state index contributed by atoms with van der Waals surface area (Å²) in [6.45, 7) is 3.96. The molecule has 2 aromatic heterocycles. The summed E-state index contributed by atoms with van der Waals surface area (Å²) in [5.41, 5.74) is 2.01. The molecule has 25 heavy (non-hydrogen) atoms. The van der Waals surface area contributed by atoms with Crippen LogP contribution in [0.15, 0.2) is 30.6 Å². The van der Waals surface area contributed by atoms with Crippen LogP contribution in [-0.2, 0) is 23.4 Å². The lowest BCUT2D eigenvalue weighted by Gasteiger charge is -2.39. The molecule has 0 aromatic carbocycles. The molecule has 0 spiro atoms. The van der Waals surface area contributed by atoms with Crippen molar-refractivity contribution in [3.8, 4) is 0 Å². The third kappa shape index (κ3) is 3.06. The summed E-state index contributed by atoms with van der Waals surface area (Å²) in [4.78, 5) is 19.2. The highest BCUT2D eigenvalue weighted by Gasteiger charge is 2.38. The molecule has 6 nitrogen and oxygen atoms in total. The Labute approximate surface area is 147 Å². The lowest BCUT2D eigenvalue weighted by atomic mass is 9.86. The van der Waals surface area contributed by atoms with Gasteiger partial charge in [-0.3, -0.25) is 14.5 Å². The quantitative estimate of drug-likeness (QED) is 0.902. The van der Waals surface area contributed by atoms with E-state index < -0.39 is 5.60 Å². The lowest BCUT2D eigenvalue weighted by Crippen LogP contribution is -2.48. The molecule has 1 saturated heterocycles. The van der Waals surface area contributed by atoms with Crippen LogP contribution in [0.1, 0.15) is 36.2 Å². The molecular formula is C19H24N4O2. The standard InChI is InChI=1S/C19H24N4O2/c1-14-2-3-17(20-13-14)19(25)6-10-22(11-7-19)18(24)15-5-9-23-16(12-15)4-8-21-23/h2-4,8,13,15,25H,5-7,9-12H2,1H3. The van der Waals surface area contributed by atoms with Gasteiger partial charge in [0.1, 0.15) is 5.60 Å². The summed E-state index contributed by atoms with van der Waals surface area (Å²) in [7, 11) is 0. The third-order valence-electron chi connectivity index (χ3n) is 5.59. The minimum Gasteiger partial charge on any atom is -0.383 e. The monoisotopic (exact) mass is 340 g/mol. The van der Waals surface area contributed by atoms with Crippen molar-refractivity contribution in [2.24, 2.45) is 5.92 Å². The largest absolute Gasteiger partial charge is 0.383 e. The van der Waals surface area contributed by atoms with Crippen molar-refractivity contribution < 1.29 is 9.90 Å². The first-order valence-corrected chi connectivity index (χ1v) is 9.00. The van der Waals surface area contributed by atoms with Crippen LogP contribution in [0.5, 0.6) is 0 Å². The number of pyridine rings is 1. The molecule has 0 bridgehead atoms.